The minimum atomic E-state index is 0.460. The fourth-order valence-electron chi connectivity index (χ4n) is 1.45. The van der Waals surface area contributed by atoms with E-state index >= 15 is 0 Å². The average Bonchev–Trinajstić information content (AvgIpc) is 2.69. The standard InChI is InChI=1S/C12H14N2S/c1-9(2)14-11-5-3-4-10(6-11)12-7-13-8-15-12/h3-9,14H,1-2H3. The Hall–Kier alpha value is -1.35. The maximum absolute atomic E-state index is 4.09. The van der Waals surface area contributed by atoms with E-state index in [9.17, 15) is 0 Å². The molecule has 0 aliphatic carbocycles. The summed E-state index contributed by atoms with van der Waals surface area (Å²) in [7, 11) is 0. The molecule has 0 aliphatic rings. The molecular formula is C12H14N2S. The maximum atomic E-state index is 4.09. The van der Waals surface area contributed by atoms with Crippen molar-refractivity contribution in [3.63, 3.8) is 0 Å². The topological polar surface area (TPSA) is 24.9 Å². The Morgan fingerprint density at radius 2 is 2.20 bits per heavy atom. The molecule has 2 rings (SSSR count). The van der Waals surface area contributed by atoms with E-state index in [0.29, 0.717) is 6.04 Å². The quantitative estimate of drug-likeness (QED) is 0.851. The summed E-state index contributed by atoms with van der Waals surface area (Å²) in [5.41, 5.74) is 4.25. The van der Waals surface area contributed by atoms with Crippen molar-refractivity contribution in [2.45, 2.75) is 19.9 Å². The van der Waals surface area contributed by atoms with Gasteiger partial charge in [0.1, 0.15) is 0 Å². The Morgan fingerprint density at radius 3 is 2.87 bits per heavy atom. The Labute approximate surface area is 94.0 Å². The maximum Gasteiger partial charge on any atom is 0.0797 e. The first-order valence-electron chi connectivity index (χ1n) is 5.01. The van der Waals surface area contributed by atoms with Crippen molar-refractivity contribution in [1.29, 1.82) is 0 Å². The molecule has 0 spiro atoms. The van der Waals surface area contributed by atoms with E-state index in [0.717, 1.165) is 5.69 Å². The molecule has 0 radical (unpaired) electrons. The third kappa shape index (κ3) is 2.57. The first-order valence-corrected chi connectivity index (χ1v) is 5.89. The second kappa shape index (κ2) is 4.45. The van der Waals surface area contributed by atoms with Crippen LogP contribution in [0.25, 0.3) is 10.4 Å². The molecule has 0 amide bonds. The third-order valence-corrected chi connectivity index (χ3v) is 2.86. The van der Waals surface area contributed by atoms with E-state index in [2.05, 4.69) is 48.4 Å². The highest BCUT2D eigenvalue weighted by atomic mass is 32.1. The van der Waals surface area contributed by atoms with E-state index in [4.69, 9.17) is 0 Å². The average molecular weight is 218 g/mol. The Kier molecular flexibility index (Phi) is 3.02. The molecule has 1 aromatic carbocycles. The van der Waals surface area contributed by atoms with Crippen molar-refractivity contribution in [2.24, 2.45) is 0 Å². The first kappa shape index (κ1) is 10.2. The molecule has 0 aliphatic heterocycles. The van der Waals surface area contributed by atoms with Gasteiger partial charge in [-0.15, -0.1) is 11.3 Å². The second-order valence-electron chi connectivity index (χ2n) is 3.75. The van der Waals surface area contributed by atoms with E-state index in [1.807, 2.05) is 11.7 Å². The van der Waals surface area contributed by atoms with E-state index in [1.54, 1.807) is 11.3 Å². The number of rotatable bonds is 3. The summed E-state index contributed by atoms with van der Waals surface area (Å²) in [4.78, 5) is 5.30. The van der Waals surface area contributed by atoms with E-state index in [1.165, 1.54) is 10.4 Å². The van der Waals surface area contributed by atoms with Gasteiger partial charge < -0.3 is 5.32 Å². The molecule has 78 valence electrons. The number of benzene rings is 1. The fraction of sp³-hybridized carbons (Fsp3) is 0.250. The molecular weight excluding hydrogens is 204 g/mol. The van der Waals surface area contributed by atoms with Crippen LogP contribution in [0.5, 0.6) is 0 Å². The van der Waals surface area contributed by atoms with Gasteiger partial charge in [-0.25, -0.2) is 0 Å². The summed E-state index contributed by atoms with van der Waals surface area (Å²) >= 11 is 1.66. The van der Waals surface area contributed by atoms with Crippen molar-refractivity contribution in [2.75, 3.05) is 5.32 Å². The van der Waals surface area contributed by atoms with Gasteiger partial charge in [0.2, 0.25) is 0 Å². The fourth-order valence-corrected chi connectivity index (χ4v) is 2.07. The molecule has 0 saturated carbocycles. The van der Waals surface area contributed by atoms with Crippen LogP contribution in [0.4, 0.5) is 5.69 Å². The van der Waals surface area contributed by atoms with Crippen LogP contribution >= 0.6 is 11.3 Å². The lowest BCUT2D eigenvalue weighted by Crippen LogP contribution is -2.09. The zero-order chi connectivity index (χ0) is 10.7. The van der Waals surface area contributed by atoms with Crippen LogP contribution in [0.1, 0.15) is 13.8 Å². The van der Waals surface area contributed by atoms with Gasteiger partial charge in [-0.1, -0.05) is 12.1 Å². The Bertz CT molecular complexity index is 421. The highest BCUT2D eigenvalue weighted by Gasteiger charge is 2.01. The molecule has 0 bridgehead atoms. The lowest BCUT2D eigenvalue weighted by Gasteiger charge is -2.10. The van der Waals surface area contributed by atoms with Gasteiger partial charge in [-0.2, -0.15) is 0 Å². The van der Waals surface area contributed by atoms with Crippen LogP contribution in [-0.4, -0.2) is 11.0 Å². The van der Waals surface area contributed by atoms with Crippen LogP contribution in [0.2, 0.25) is 0 Å². The number of nitrogens with zero attached hydrogens (tertiary/aromatic N) is 1. The number of aromatic nitrogens is 1. The van der Waals surface area contributed by atoms with Crippen LogP contribution < -0.4 is 5.32 Å². The van der Waals surface area contributed by atoms with Gasteiger partial charge in [0.25, 0.3) is 0 Å². The first-order chi connectivity index (χ1) is 7.25. The number of nitrogens with one attached hydrogen (secondary N) is 1. The highest BCUT2D eigenvalue weighted by molar-refractivity contribution is 7.13. The Morgan fingerprint density at radius 1 is 1.33 bits per heavy atom. The van der Waals surface area contributed by atoms with Crippen LogP contribution in [-0.2, 0) is 0 Å². The summed E-state index contributed by atoms with van der Waals surface area (Å²) in [5, 5.41) is 3.39. The molecule has 2 aromatic rings. The van der Waals surface area contributed by atoms with Crippen LogP contribution in [0, 0.1) is 0 Å². The number of anilines is 1. The molecule has 0 atom stereocenters. The van der Waals surface area contributed by atoms with E-state index < -0.39 is 0 Å². The Balaban J connectivity index is 2.27. The number of hydrogen-bond donors (Lipinski definition) is 1. The van der Waals surface area contributed by atoms with Gasteiger partial charge in [0.05, 0.1) is 10.4 Å². The highest BCUT2D eigenvalue weighted by Crippen LogP contribution is 2.25. The molecule has 15 heavy (non-hydrogen) atoms. The van der Waals surface area contributed by atoms with Crippen molar-refractivity contribution in [3.8, 4) is 10.4 Å². The molecule has 1 N–H and O–H groups in total. The molecule has 1 heterocycles. The largest absolute Gasteiger partial charge is 0.383 e. The van der Waals surface area contributed by atoms with Crippen molar-refractivity contribution >= 4 is 17.0 Å². The summed E-state index contributed by atoms with van der Waals surface area (Å²) < 4.78 is 0. The molecule has 0 unspecified atom stereocenters. The lowest BCUT2D eigenvalue weighted by atomic mass is 10.1. The summed E-state index contributed by atoms with van der Waals surface area (Å²) in [6.45, 7) is 4.28. The van der Waals surface area contributed by atoms with Crippen molar-refractivity contribution in [1.82, 2.24) is 4.98 Å². The minimum absolute atomic E-state index is 0.460. The third-order valence-electron chi connectivity index (χ3n) is 2.03. The zero-order valence-electron chi connectivity index (χ0n) is 8.90. The minimum Gasteiger partial charge on any atom is -0.383 e. The molecule has 0 fully saturated rings. The molecule has 2 nitrogen and oxygen atoms in total. The van der Waals surface area contributed by atoms with Gasteiger partial charge in [-0.05, 0) is 31.5 Å². The number of thiazole rings is 1. The smallest absolute Gasteiger partial charge is 0.0797 e. The predicted molar refractivity (Wildman–Crippen MR) is 66.3 cm³/mol. The van der Waals surface area contributed by atoms with Crippen LogP contribution in [0.3, 0.4) is 0 Å². The summed E-state index contributed by atoms with van der Waals surface area (Å²) in [6, 6.07) is 8.89. The van der Waals surface area contributed by atoms with Crippen LogP contribution in [0.15, 0.2) is 36.0 Å². The monoisotopic (exact) mass is 218 g/mol. The SMILES string of the molecule is CC(C)Nc1cccc(-c2cncs2)c1. The van der Waals surface area contributed by atoms with Gasteiger partial charge in [0, 0.05) is 17.9 Å². The predicted octanol–water partition coefficient (Wildman–Crippen LogP) is 3.63. The second-order valence-corrected chi connectivity index (χ2v) is 4.63. The molecule has 3 heteroatoms. The summed E-state index contributed by atoms with van der Waals surface area (Å²) in [6.07, 6.45) is 1.90. The summed E-state index contributed by atoms with van der Waals surface area (Å²) in [5.74, 6) is 0. The van der Waals surface area contributed by atoms with E-state index in [-0.39, 0.29) is 0 Å². The normalized spacial score (nSPS) is 10.6. The van der Waals surface area contributed by atoms with Crippen molar-refractivity contribution in [3.05, 3.63) is 36.0 Å². The van der Waals surface area contributed by atoms with Crippen molar-refractivity contribution < 1.29 is 0 Å². The lowest BCUT2D eigenvalue weighted by molar-refractivity contribution is 0.900. The number of hydrogen-bond acceptors (Lipinski definition) is 3. The molecule has 0 saturated heterocycles. The van der Waals surface area contributed by atoms with Gasteiger partial charge in [0.15, 0.2) is 0 Å². The molecule has 1 aromatic heterocycles. The van der Waals surface area contributed by atoms with Gasteiger partial charge in [-0.3, -0.25) is 4.98 Å². The zero-order valence-corrected chi connectivity index (χ0v) is 9.71. The van der Waals surface area contributed by atoms with Gasteiger partial charge >= 0.3 is 0 Å².